The van der Waals surface area contributed by atoms with Gasteiger partial charge < -0.3 is 9.73 Å². The average molecular weight is 479 g/mol. The third-order valence-corrected chi connectivity index (χ3v) is 5.37. The van der Waals surface area contributed by atoms with E-state index in [4.69, 9.17) is 16.0 Å². The molecule has 0 bridgehead atoms. The maximum Gasteiger partial charge on any atom is 0.209 e. The summed E-state index contributed by atoms with van der Waals surface area (Å²) < 4.78 is 8.50. The van der Waals surface area contributed by atoms with E-state index in [1.807, 2.05) is 37.4 Å². The van der Waals surface area contributed by atoms with Crippen LogP contribution >= 0.6 is 51.7 Å². The second kappa shape index (κ2) is 10.3. The third kappa shape index (κ3) is 5.72. The fourth-order valence-corrected chi connectivity index (χ4v) is 3.78. The highest BCUT2D eigenvalue weighted by Crippen LogP contribution is 2.31. The highest BCUT2D eigenvalue weighted by molar-refractivity contribution is 9.10. The summed E-state index contributed by atoms with van der Waals surface area (Å²) in [7, 11) is 1.84. The first-order chi connectivity index (χ1) is 12.1. The summed E-state index contributed by atoms with van der Waals surface area (Å²) in [5, 5.41) is 16.2. The van der Waals surface area contributed by atoms with Crippen molar-refractivity contribution in [2.45, 2.75) is 18.1 Å². The number of nitrogens with zero attached hydrogens (tertiary/aromatic N) is 4. The largest absolute Gasteiger partial charge is 0.460 e. The van der Waals surface area contributed by atoms with E-state index in [0.717, 1.165) is 45.4 Å². The van der Waals surface area contributed by atoms with Gasteiger partial charge in [-0.2, -0.15) is 0 Å². The van der Waals surface area contributed by atoms with Crippen molar-refractivity contribution in [3.63, 3.8) is 0 Å². The van der Waals surface area contributed by atoms with E-state index in [2.05, 4.69) is 36.8 Å². The Morgan fingerprint density at radius 1 is 1.31 bits per heavy atom. The Morgan fingerprint density at radius 2 is 2.15 bits per heavy atom. The second-order valence-electron chi connectivity index (χ2n) is 5.35. The van der Waals surface area contributed by atoms with Crippen LogP contribution in [-0.2, 0) is 13.6 Å². The van der Waals surface area contributed by atoms with Gasteiger partial charge in [0.2, 0.25) is 5.16 Å². The van der Waals surface area contributed by atoms with Crippen molar-refractivity contribution in [1.29, 1.82) is 0 Å². The molecule has 0 aliphatic rings. The number of rotatable bonds is 8. The molecule has 3 rings (SSSR count). The molecule has 0 saturated carbocycles. The molecule has 0 unspecified atom stereocenters. The van der Waals surface area contributed by atoms with E-state index >= 15 is 0 Å². The highest BCUT2D eigenvalue weighted by Gasteiger charge is 2.09. The molecule has 0 amide bonds. The van der Waals surface area contributed by atoms with Gasteiger partial charge in [-0.3, -0.25) is 0 Å². The van der Waals surface area contributed by atoms with Crippen molar-refractivity contribution < 1.29 is 4.42 Å². The topological polar surface area (TPSA) is 68.8 Å². The fraction of sp³-hybridized carbons (Fsp3) is 0.312. The van der Waals surface area contributed by atoms with Crippen LogP contribution in [0.4, 0.5) is 0 Å². The summed E-state index contributed by atoms with van der Waals surface area (Å²) in [4.78, 5) is 0. The first-order valence-corrected chi connectivity index (χ1v) is 9.89. The molecule has 0 radical (unpaired) electrons. The van der Waals surface area contributed by atoms with Gasteiger partial charge in [0, 0.05) is 22.8 Å². The first-order valence-electron chi connectivity index (χ1n) is 7.73. The molecular weight excluding hydrogens is 461 g/mol. The lowest BCUT2D eigenvalue weighted by molar-refractivity contribution is 0.494. The number of halogens is 3. The number of thioether (sulfide) groups is 1. The van der Waals surface area contributed by atoms with Crippen LogP contribution in [-0.4, -0.2) is 32.5 Å². The van der Waals surface area contributed by atoms with Gasteiger partial charge in [-0.1, -0.05) is 39.3 Å². The molecule has 0 saturated heterocycles. The van der Waals surface area contributed by atoms with Crippen molar-refractivity contribution in [1.82, 2.24) is 25.5 Å². The van der Waals surface area contributed by atoms with Crippen molar-refractivity contribution in [2.75, 3.05) is 12.3 Å². The van der Waals surface area contributed by atoms with Crippen molar-refractivity contribution in [3.05, 3.63) is 45.6 Å². The predicted molar refractivity (Wildman–Crippen MR) is 110 cm³/mol. The van der Waals surface area contributed by atoms with Crippen LogP contribution < -0.4 is 5.32 Å². The molecule has 2 aromatic heterocycles. The summed E-state index contributed by atoms with van der Waals surface area (Å²) in [5.74, 6) is 2.62. The van der Waals surface area contributed by atoms with E-state index in [1.54, 1.807) is 16.4 Å². The lowest BCUT2D eigenvalue weighted by atomic mass is 10.2. The summed E-state index contributed by atoms with van der Waals surface area (Å²) in [5.41, 5.74) is 0.893. The molecule has 0 spiro atoms. The maximum absolute atomic E-state index is 6.26. The minimum Gasteiger partial charge on any atom is -0.460 e. The number of aryl methyl sites for hydroxylation is 1. The molecular formula is C16H18BrCl2N5OS. The molecule has 6 nitrogen and oxygen atoms in total. The van der Waals surface area contributed by atoms with E-state index in [-0.39, 0.29) is 12.4 Å². The van der Waals surface area contributed by atoms with Gasteiger partial charge in [0.05, 0.1) is 11.6 Å². The number of tetrazole rings is 1. The number of aromatic nitrogens is 4. The van der Waals surface area contributed by atoms with Crippen LogP contribution in [0.2, 0.25) is 5.02 Å². The fourth-order valence-electron chi connectivity index (χ4n) is 2.22. The average Bonchev–Trinajstić information content (AvgIpc) is 3.20. The highest BCUT2D eigenvalue weighted by atomic mass is 79.9. The van der Waals surface area contributed by atoms with Gasteiger partial charge in [0.1, 0.15) is 11.5 Å². The molecule has 2 heterocycles. The number of furan rings is 1. The standard InChI is InChI=1S/C16H17BrClN5OS.ClH/c1-23-16(20-21-22-23)25-8-2-7-19-10-12-4-6-15(24-12)13-5-3-11(17)9-14(13)18;/h3-6,9,19H,2,7-8,10H2,1H3;1H. The van der Waals surface area contributed by atoms with Crippen LogP contribution in [0.5, 0.6) is 0 Å². The van der Waals surface area contributed by atoms with Crippen molar-refractivity contribution in [3.8, 4) is 11.3 Å². The monoisotopic (exact) mass is 477 g/mol. The first kappa shape index (κ1) is 21.2. The minimum atomic E-state index is 0. The number of benzene rings is 1. The summed E-state index contributed by atoms with van der Waals surface area (Å²) in [6.45, 7) is 1.58. The summed E-state index contributed by atoms with van der Waals surface area (Å²) in [6.07, 6.45) is 1.02. The lowest BCUT2D eigenvalue weighted by Gasteiger charge is -2.03. The molecule has 1 N–H and O–H groups in total. The Kier molecular flexibility index (Phi) is 8.43. The maximum atomic E-state index is 6.26. The van der Waals surface area contributed by atoms with Gasteiger partial charge in [-0.25, -0.2) is 4.68 Å². The smallest absolute Gasteiger partial charge is 0.209 e. The van der Waals surface area contributed by atoms with E-state index in [9.17, 15) is 0 Å². The normalized spacial score (nSPS) is 10.7. The predicted octanol–water partition coefficient (Wildman–Crippen LogP) is 4.58. The number of nitrogens with one attached hydrogen (secondary N) is 1. The molecule has 0 fully saturated rings. The molecule has 0 aliphatic heterocycles. The van der Waals surface area contributed by atoms with Crippen molar-refractivity contribution >= 4 is 51.7 Å². The number of hydrogen-bond acceptors (Lipinski definition) is 6. The van der Waals surface area contributed by atoms with Crippen LogP contribution in [0.1, 0.15) is 12.2 Å². The van der Waals surface area contributed by atoms with E-state index in [1.165, 1.54) is 0 Å². The quantitative estimate of drug-likeness (QED) is 0.377. The van der Waals surface area contributed by atoms with Crippen LogP contribution in [0, 0.1) is 0 Å². The van der Waals surface area contributed by atoms with Gasteiger partial charge >= 0.3 is 0 Å². The van der Waals surface area contributed by atoms with Crippen molar-refractivity contribution in [2.24, 2.45) is 7.05 Å². The van der Waals surface area contributed by atoms with Crippen LogP contribution in [0.25, 0.3) is 11.3 Å². The van der Waals surface area contributed by atoms with Gasteiger partial charge in [0.25, 0.3) is 0 Å². The molecule has 0 atom stereocenters. The Bertz CT molecular complexity index is 842. The Morgan fingerprint density at radius 3 is 2.88 bits per heavy atom. The summed E-state index contributed by atoms with van der Waals surface area (Å²) in [6, 6.07) is 9.68. The summed E-state index contributed by atoms with van der Waals surface area (Å²) >= 11 is 11.3. The van der Waals surface area contributed by atoms with Crippen LogP contribution in [0.15, 0.2) is 44.4 Å². The Labute approximate surface area is 175 Å². The molecule has 26 heavy (non-hydrogen) atoms. The van der Waals surface area contributed by atoms with E-state index < -0.39 is 0 Å². The molecule has 10 heteroatoms. The zero-order valence-electron chi connectivity index (χ0n) is 14.0. The van der Waals surface area contributed by atoms with Gasteiger partial charge in [-0.05, 0) is 53.7 Å². The Hall–Kier alpha value is -1.06. The SMILES string of the molecule is Cl.Cn1nnnc1SCCCNCc1ccc(-c2ccc(Br)cc2Cl)o1. The molecule has 140 valence electrons. The molecule has 1 aromatic carbocycles. The van der Waals surface area contributed by atoms with Gasteiger partial charge in [0.15, 0.2) is 0 Å². The third-order valence-electron chi connectivity index (χ3n) is 3.47. The second-order valence-corrected chi connectivity index (χ2v) is 7.74. The Balaban J connectivity index is 0.00000243. The zero-order valence-corrected chi connectivity index (χ0v) is 18.0. The number of hydrogen-bond donors (Lipinski definition) is 1. The minimum absolute atomic E-state index is 0. The van der Waals surface area contributed by atoms with E-state index in [0.29, 0.717) is 11.6 Å². The van der Waals surface area contributed by atoms with Crippen LogP contribution in [0.3, 0.4) is 0 Å². The zero-order chi connectivity index (χ0) is 17.6. The molecule has 3 aromatic rings. The lowest BCUT2D eigenvalue weighted by Crippen LogP contribution is -2.14. The molecule has 0 aliphatic carbocycles. The van der Waals surface area contributed by atoms with Gasteiger partial charge in [-0.15, -0.1) is 17.5 Å².